The zero-order valence-electron chi connectivity index (χ0n) is 16.7. The molecule has 1 amide bonds. The van der Waals surface area contributed by atoms with Crippen molar-refractivity contribution in [1.29, 1.82) is 0 Å². The summed E-state index contributed by atoms with van der Waals surface area (Å²) in [5.41, 5.74) is 3.43. The second-order valence-corrected chi connectivity index (χ2v) is 7.94. The van der Waals surface area contributed by atoms with Crippen molar-refractivity contribution in [1.82, 2.24) is 29.4 Å². The molecule has 2 aliphatic rings. The number of carbonyl (C=O) groups excluding carboxylic acids is 1. The lowest BCUT2D eigenvalue weighted by Gasteiger charge is -2.25. The molecule has 1 aromatic carbocycles. The number of fused-ring (bicyclic) bond motifs is 1. The molecule has 4 heterocycles. The summed E-state index contributed by atoms with van der Waals surface area (Å²) in [6, 6.07) is 10.9. The minimum Gasteiger partial charge on any atom is -0.334 e. The Hall–Kier alpha value is -2.93. The Bertz CT molecular complexity index is 977. The van der Waals surface area contributed by atoms with Crippen molar-refractivity contribution in [3.63, 3.8) is 0 Å². The van der Waals surface area contributed by atoms with Gasteiger partial charge in [-0.2, -0.15) is 10.2 Å². The fourth-order valence-electron chi connectivity index (χ4n) is 4.68. The van der Waals surface area contributed by atoms with Gasteiger partial charge in [0, 0.05) is 68.8 Å². The number of hydrogen-bond donors (Lipinski definition) is 0. The van der Waals surface area contributed by atoms with Gasteiger partial charge in [0.25, 0.3) is 0 Å². The van der Waals surface area contributed by atoms with E-state index in [1.807, 2.05) is 27.8 Å². The number of aromatic nitrogens is 4. The summed E-state index contributed by atoms with van der Waals surface area (Å²) in [6.07, 6.45) is 9.44. The molecule has 0 saturated carbocycles. The number of nitrogens with zero attached hydrogens (tertiary/aromatic N) is 6. The van der Waals surface area contributed by atoms with Gasteiger partial charge in [-0.25, -0.2) is 4.68 Å². The molecular weight excluding hydrogens is 364 g/mol. The minimum atomic E-state index is 0.269. The van der Waals surface area contributed by atoms with E-state index in [4.69, 9.17) is 0 Å². The lowest BCUT2D eigenvalue weighted by molar-refractivity contribution is -0.129. The average molecular weight is 390 g/mol. The molecule has 0 bridgehead atoms. The topological polar surface area (TPSA) is 59.2 Å². The van der Waals surface area contributed by atoms with Crippen LogP contribution in [0.15, 0.2) is 55.1 Å². The maximum absolute atomic E-state index is 12.8. The molecule has 0 radical (unpaired) electrons. The number of benzene rings is 1. The summed E-state index contributed by atoms with van der Waals surface area (Å²) in [4.78, 5) is 17.3. The molecular formula is C22H26N6O. The second kappa shape index (κ2) is 7.48. The molecule has 7 nitrogen and oxygen atoms in total. The molecule has 2 aliphatic heterocycles. The Morgan fingerprint density at radius 1 is 1.07 bits per heavy atom. The Morgan fingerprint density at radius 2 is 1.93 bits per heavy atom. The van der Waals surface area contributed by atoms with Crippen LogP contribution >= 0.6 is 0 Å². The van der Waals surface area contributed by atoms with Crippen molar-refractivity contribution in [2.24, 2.45) is 0 Å². The van der Waals surface area contributed by atoms with Crippen molar-refractivity contribution < 1.29 is 4.79 Å². The highest BCUT2D eigenvalue weighted by Gasteiger charge is 2.46. The van der Waals surface area contributed by atoms with Crippen molar-refractivity contribution in [2.45, 2.75) is 51.5 Å². The van der Waals surface area contributed by atoms with E-state index in [9.17, 15) is 4.79 Å². The van der Waals surface area contributed by atoms with Crippen LogP contribution in [0.3, 0.4) is 0 Å². The van der Waals surface area contributed by atoms with Crippen LogP contribution in [0, 0.1) is 0 Å². The minimum absolute atomic E-state index is 0.269. The first kappa shape index (κ1) is 18.1. The third kappa shape index (κ3) is 3.46. The maximum atomic E-state index is 12.8. The summed E-state index contributed by atoms with van der Waals surface area (Å²) >= 11 is 0. The van der Waals surface area contributed by atoms with Gasteiger partial charge in [-0.15, -0.1) is 0 Å². The van der Waals surface area contributed by atoms with Gasteiger partial charge in [0.15, 0.2) is 0 Å². The average Bonchev–Trinajstić information content (AvgIpc) is 3.52. The molecule has 2 atom stereocenters. The van der Waals surface area contributed by atoms with Crippen molar-refractivity contribution in [2.75, 3.05) is 6.54 Å². The highest BCUT2D eigenvalue weighted by Crippen LogP contribution is 2.34. The summed E-state index contributed by atoms with van der Waals surface area (Å²) in [5, 5.41) is 8.65. The van der Waals surface area contributed by atoms with Gasteiger partial charge < -0.3 is 4.90 Å². The molecule has 2 aromatic heterocycles. The molecule has 3 aromatic rings. The fraction of sp³-hybridized carbons (Fsp3) is 0.409. The molecule has 150 valence electrons. The van der Waals surface area contributed by atoms with Crippen molar-refractivity contribution in [3.8, 4) is 5.69 Å². The standard InChI is InChI=1S/C22H26N6O/c1-2-26-15-18(13-24-26)14-25-11-8-20-21(25)12-22(29)27(20)16-17-4-6-19(7-5-17)28-10-3-9-23-28/h3-7,9-10,13,15,20-21H,2,8,11-12,14,16H2,1H3/t20-,21-/m0/s1. The third-order valence-electron chi connectivity index (χ3n) is 6.18. The number of carbonyl (C=O) groups is 1. The second-order valence-electron chi connectivity index (χ2n) is 7.94. The van der Waals surface area contributed by atoms with Gasteiger partial charge in [-0.05, 0) is 37.1 Å². The molecule has 0 aliphatic carbocycles. The normalized spacial score (nSPS) is 21.8. The summed E-state index contributed by atoms with van der Waals surface area (Å²) in [5.74, 6) is 0.269. The van der Waals surface area contributed by atoms with Crippen LogP contribution in [-0.2, 0) is 24.4 Å². The molecule has 0 spiro atoms. The Balaban J connectivity index is 1.26. The van der Waals surface area contributed by atoms with E-state index in [-0.39, 0.29) is 5.91 Å². The predicted molar refractivity (Wildman–Crippen MR) is 109 cm³/mol. The molecule has 29 heavy (non-hydrogen) atoms. The molecule has 5 rings (SSSR count). The van der Waals surface area contributed by atoms with Crippen LogP contribution in [0.2, 0.25) is 0 Å². The third-order valence-corrected chi connectivity index (χ3v) is 6.18. The Morgan fingerprint density at radius 3 is 2.66 bits per heavy atom. The fourth-order valence-corrected chi connectivity index (χ4v) is 4.68. The number of aryl methyl sites for hydroxylation is 1. The van der Waals surface area contributed by atoms with Crippen LogP contribution < -0.4 is 0 Å². The first-order valence-corrected chi connectivity index (χ1v) is 10.3. The quantitative estimate of drug-likeness (QED) is 0.649. The zero-order chi connectivity index (χ0) is 19.8. The first-order chi connectivity index (χ1) is 14.2. The van der Waals surface area contributed by atoms with Crippen LogP contribution in [0.1, 0.15) is 30.9 Å². The highest BCUT2D eigenvalue weighted by atomic mass is 16.2. The van der Waals surface area contributed by atoms with Crippen LogP contribution in [-0.4, -0.2) is 53.9 Å². The van der Waals surface area contributed by atoms with E-state index >= 15 is 0 Å². The molecule has 0 unspecified atom stereocenters. The lowest BCUT2D eigenvalue weighted by atomic mass is 10.1. The van der Waals surface area contributed by atoms with Gasteiger partial charge in [0.1, 0.15) is 0 Å². The number of amides is 1. The van der Waals surface area contributed by atoms with Crippen LogP contribution in [0.4, 0.5) is 0 Å². The first-order valence-electron chi connectivity index (χ1n) is 10.3. The van der Waals surface area contributed by atoms with Crippen LogP contribution in [0.5, 0.6) is 0 Å². The van der Waals surface area contributed by atoms with E-state index in [1.165, 1.54) is 5.56 Å². The monoisotopic (exact) mass is 390 g/mol. The van der Waals surface area contributed by atoms with Gasteiger partial charge in [0.05, 0.1) is 11.9 Å². The van der Waals surface area contributed by atoms with Crippen molar-refractivity contribution >= 4 is 5.91 Å². The Kier molecular flexibility index (Phi) is 4.67. The van der Waals surface area contributed by atoms with Crippen LogP contribution in [0.25, 0.3) is 5.69 Å². The molecule has 2 saturated heterocycles. The summed E-state index contributed by atoms with van der Waals surface area (Å²) in [6.45, 7) is 5.58. The molecule has 2 fully saturated rings. The van der Waals surface area contributed by atoms with E-state index < -0.39 is 0 Å². The van der Waals surface area contributed by atoms with Gasteiger partial charge in [-0.3, -0.25) is 14.4 Å². The SMILES string of the molecule is CCn1cc(CN2CC[C@H]3[C@@H]2CC(=O)N3Cc2ccc(-n3cccn3)cc2)cn1. The van der Waals surface area contributed by atoms with Gasteiger partial charge in [0.2, 0.25) is 5.91 Å². The summed E-state index contributed by atoms with van der Waals surface area (Å²) in [7, 11) is 0. The van der Waals surface area contributed by atoms with E-state index in [1.54, 1.807) is 6.20 Å². The number of rotatable bonds is 6. The van der Waals surface area contributed by atoms with Gasteiger partial charge in [-0.1, -0.05) is 12.1 Å². The Labute approximate surface area is 170 Å². The largest absolute Gasteiger partial charge is 0.334 e. The van der Waals surface area contributed by atoms with E-state index in [0.29, 0.717) is 25.0 Å². The van der Waals surface area contributed by atoms with E-state index in [2.05, 4.69) is 57.4 Å². The maximum Gasteiger partial charge on any atom is 0.224 e. The highest BCUT2D eigenvalue weighted by molar-refractivity contribution is 5.80. The van der Waals surface area contributed by atoms with Gasteiger partial charge >= 0.3 is 0 Å². The zero-order valence-corrected chi connectivity index (χ0v) is 16.7. The number of hydrogen-bond acceptors (Lipinski definition) is 4. The molecule has 0 N–H and O–H groups in total. The smallest absolute Gasteiger partial charge is 0.224 e. The number of likely N-dealkylation sites (tertiary alicyclic amines) is 2. The van der Waals surface area contributed by atoms with Crippen molar-refractivity contribution in [3.05, 3.63) is 66.2 Å². The lowest BCUT2D eigenvalue weighted by Crippen LogP contribution is -2.36. The predicted octanol–water partition coefficient (Wildman–Crippen LogP) is 2.46. The summed E-state index contributed by atoms with van der Waals surface area (Å²) < 4.78 is 3.80. The molecule has 7 heteroatoms. The van der Waals surface area contributed by atoms with E-state index in [0.717, 1.165) is 37.3 Å².